The second-order valence-electron chi connectivity index (χ2n) is 6.53. The summed E-state index contributed by atoms with van der Waals surface area (Å²) < 4.78 is 5.92. The zero-order valence-corrected chi connectivity index (χ0v) is 13.6. The van der Waals surface area contributed by atoms with Gasteiger partial charge >= 0.3 is 0 Å². The van der Waals surface area contributed by atoms with Gasteiger partial charge in [-0.25, -0.2) is 0 Å². The van der Waals surface area contributed by atoms with Gasteiger partial charge in [-0.1, -0.05) is 19.1 Å². The molecule has 1 aliphatic carbocycles. The topological polar surface area (TPSA) is 29.5 Å². The highest BCUT2D eigenvalue weighted by molar-refractivity contribution is 5.78. The van der Waals surface area contributed by atoms with Crippen LogP contribution in [0.15, 0.2) is 18.2 Å². The highest BCUT2D eigenvalue weighted by Crippen LogP contribution is 2.29. The largest absolute Gasteiger partial charge is 0.483 e. The Balaban J connectivity index is 1.63. The van der Waals surface area contributed by atoms with Crippen LogP contribution >= 0.6 is 0 Å². The van der Waals surface area contributed by atoms with E-state index in [-0.39, 0.29) is 12.5 Å². The van der Waals surface area contributed by atoms with E-state index in [1.165, 1.54) is 30.4 Å². The van der Waals surface area contributed by atoms with Crippen molar-refractivity contribution in [1.82, 2.24) is 4.90 Å². The maximum Gasteiger partial charge on any atom is 0.260 e. The lowest BCUT2D eigenvalue weighted by molar-refractivity contribution is -0.137. The van der Waals surface area contributed by atoms with Gasteiger partial charge in [0.2, 0.25) is 0 Å². The lowest BCUT2D eigenvalue weighted by Gasteiger charge is -2.35. The van der Waals surface area contributed by atoms with Crippen LogP contribution in [0.25, 0.3) is 0 Å². The number of aryl methyl sites for hydroxylation is 1. The molecule has 1 heterocycles. The van der Waals surface area contributed by atoms with Crippen LogP contribution in [0, 0.1) is 0 Å². The second-order valence-corrected chi connectivity index (χ2v) is 6.53. The lowest BCUT2D eigenvalue weighted by Crippen LogP contribution is -2.45. The summed E-state index contributed by atoms with van der Waals surface area (Å²) in [4.78, 5) is 14.6. The van der Waals surface area contributed by atoms with E-state index >= 15 is 0 Å². The number of piperidine rings is 1. The molecule has 0 aromatic heterocycles. The van der Waals surface area contributed by atoms with E-state index in [1.807, 2.05) is 11.0 Å². The molecule has 1 fully saturated rings. The Bertz CT molecular complexity index is 526. The van der Waals surface area contributed by atoms with Crippen LogP contribution in [0.2, 0.25) is 0 Å². The third-order valence-electron chi connectivity index (χ3n) is 5.12. The van der Waals surface area contributed by atoms with E-state index in [1.54, 1.807) is 0 Å². The number of carbonyl (C=O) groups excluding carboxylic acids is 1. The van der Waals surface area contributed by atoms with Gasteiger partial charge in [0, 0.05) is 12.6 Å². The first kappa shape index (κ1) is 15.4. The van der Waals surface area contributed by atoms with Crippen molar-refractivity contribution in [3.8, 4) is 5.75 Å². The van der Waals surface area contributed by atoms with Crippen molar-refractivity contribution in [1.29, 1.82) is 0 Å². The summed E-state index contributed by atoms with van der Waals surface area (Å²) in [6.07, 6.45) is 9.28. The number of fused-ring (bicyclic) bond motifs is 1. The standard InChI is InChI=1S/C19H27NO2/c1-2-16-10-5-6-13-20(16)19(21)14-22-18-12-7-9-15-8-3-4-11-17(15)18/h7,9,12,16H,2-6,8,10-11,13-14H2,1H3. The maximum absolute atomic E-state index is 12.5. The van der Waals surface area contributed by atoms with Gasteiger partial charge in [-0.05, 0) is 68.6 Å². The molecule has 1 amide bonds. The van der Waals surface area contributed by atoms with E-state index in [4.69, 9.17) is 4.74 Å². The van der Waals surface area contributed by atoms with Crippen LogP contribution in [-0.4, -0.2) is 30.0 Å². The molecule has 0 bridgehead atoms. The van der Waals surface area contributed by atoms with Crippen LogP contribution in [0.5, 0.6) is 5.75 Å². The van der Waals surface area contributed by atoms with Gasteiger partial charge < -0.3 is 9.64 Å². The first-order chi connectivity index (χ1) is 10.8. The molecule has 3 rings (SSSR count). The highest BCUT2D eigenvalue weighted by Gasteiger charge is 2.25. The molecular formula is C19H27NO2. The molecule has 1 saturated heterocycles. The van der Waals surface area contributed by atoms with Crippen LogP contribution in [0.1, 0.15) is 56.6 Å². The first-order valence-corrected chi connectivity index (χ1v) is 8.82. The number of rotatable bonds is 4. The molecule has 0 spiro atoms. The quantitative estimate of drug-likeness (QED) is 0.848. The van der Waals surface area contributed by atoms with E-state index in [9.17, 15) is 4.79 Å². The zero-order chi connectivity index (χ0) is 15.4. The maximum atomic E-state index is 12.5. The summed E-state index contributed by atoms with van der Waals surface area (Å²) in [5.41, 5.74) is 2.73. The summed E-state index contributed by atoms with van der Waals surface area (Å²) in [5, 5.41) is 0. The van der Waals surface area contributed by atoms with Gasteiger partial charge in [0.15, 0.2) is 6.61 Å². The number of benzene rings is 1. The number of ether oxygens (including phenoxy) is 1. The Morgan fingerprint density at radius 1 is 1.23 bits per heavy atom. The third-order valence-corrected chi connectivity index (χ3v) is 5.12. The number of amides is 1. The zero-order valence-electron chi connectivity index (χ0n) is 13.6. The molecule has 22 heavy (non-hydrogen) atoms. The Morgan fingerprint density at radius 2 is 2.09 bits per heavy atom. The number of likely N-dealkylation sites (tertiary alicyclic amines) is 1. The number of nitrogens with zero attached hydrogens (tertiary/aromatic N) is 1. The molecule has 120 valence electrons. The predicted octanol–water partition coefficient (Wildman–Crippen LogP) is 3.74. The fraction of sp³-hybridized carbons (Fsp3) is 0.632. The number of carbonyl (C=O) groups is 1. The normalized spacial score (nSPS) is 21.3. The average Bonchev–Trinajstić information content (AvgIpc) is 2.59. The van der Waals surface area contributed by atoms with Crippen molar-refractivity contribution < 1.29 is 9.53 Å². The fourth-order valence-corrected chi connectivity index (χ4v) is 3.86. The van der Waals surface area contributed by atoms with Crippen molar-refractivity contribution in [3.05, 3.63) is 29.3 Å². The SMILES string of the molecule is CCC1CCCCN1C(=O)COc1cccc2c1CCCC2. The Morgan fingerprint density at radius 3 is 2.95 bits per heavy atom. The van der Waals surface area contributed by atoms with E-state index < -0.39 is 0 Å². The van der Waals surface area contributed by atoms with Crippen LogP contribution in [0.4, 0.5) is 0 Å². The fourth-order valence-electron chi connectivity index (χ4n) is 3.86. The minimum atomic E-state index is 0.153. The van der Waals surface area contributed by atoms with Gasteiger partial charge in [-0.2, -0.15) is 0 Å². The van der Waals surface area contributed by atoms with Gasteiger partial charge in [-0.3, -0.25) is 4.79 Å². The summed E-state index contributed by atoms with van der Waals surface area (Å²) >= 11 is 0. The van der Waals surface area contributed by atoms with Crippen LogP contribution < -0.4 is 4.74 Å². The molecule has 0 saturated carbocycles. The van der Waals surface area contributed by atoms with E-state index in [0.29, 0.717) is 6.04 Å². The van der Waals surface area contributed by atoms with E-state index in [2.05, 4.69) is 19.1 Å². The third kappa shape index (κ3) is 3.29. The number of hydrogen-bond donors (Lipinski definition) is 0. The Labute approximate surface area is 133 Å². The van der Waals surface area contributed by atoms with Crippen LogP contribution in [0.3, 0.4) is 0 Å². The Hall–Kier alpha value is -1.51. The molecule has 3 nitrogen and oxygen atoms in total. The first-order valence-electron chi connectivity index (χ1n) is 8.82. The summed E-state index contributed by atoms with van der Waals surface area (Å²) in [6, 6.07) is 6.68. The molecular weight excluding hydrogens is 274 g/mol. The van der Waals surface area contributed by atoms with Gasteiger partial charge in [0.05, 0.1) is 0 Å². The lowest BCUT2D eigenvalue weighted by atomic mass is 9.91. The summed E-state index contributed by atoms with van der Waals surface area (Å²) in [5.74, 6) is 1.08. The molecule has 1 atom stereocenters. The minimum absolute atomic E-state index is 0.153. The van der Waals surface area contributed by atoms with Crippen molar-refractivity contribution >= 4 is 5.91 Å². The Kier molecular flexibility index (Phi) is 5.01. The van der Waals surface area contributed by atoms with Crippen molar-refractivity contribution in [2.24, 2.45) is 0 Å². The van der Waals surface area contributed by atoms with Crippen molar-refractivity contribution in [2.45, 2.75) is 64.3 Å². The molecule has 0 radical (unpaired) electrons. The summed E-state index contributed by atoms with van der Waals surface area (Å²) in [6.45, 7) is 3.26. The highest BCUT2D eigenvalue weighted by atomic mass is 16.5. The smallest absolute Gasteiger partial charge is 0.260 e. The molecule has 2 aliphatic rings. The molecule has 1 unspecified atom stereocenters. The number of hydrogen-bond acceptors (Lipinski definition) is 2. The molecule has 0 N–H and O–H groups in total. The minimum Gasteiger partial charge on any atom is -0.483 e. The van der Waals surface area contributed by atoms with E-state index in [0.717, 1.165) is 44.4 Å². The molecule has 3 heteroatoms. The van der Waals surface area contributed by atoms with Gasteiger partial charge in [0.25, 0.3) is 5.91 Å². The molecule has 1 aliphatic heterocycles. The van der Waals surface area contributed by atoms with Gasteiger partial charge in [-0.15, -0.1) is 0 Å². The van der Waals surface area contributed by atoms with Gasteiger partial charge in [0.1, 0.15) is 5.75 Å². The average molecular weight is 301 g/mol. The molecule has 1 aromatic rings. The summed E-state index contributed by atoms with van der Waals surface area (Å²) in [7, 11) is 0. The van der Waals surface area contributed by atoms with Crippen molar-refractivity contribution in [3.63, 3.8) is 0 Å². The monoisotopic (exact) mass is 301 g/mol. The molecule has 1 aromatic carbocycles. The second kappa shape index (κ2) is 7.17. The predicted molar refractivity (Wildman–Crippen MR) is 88.2 cm³/mol. The van der Waals surface area contributed by atoms with Crippen molar-refractivity contribution in [2.75, 3.05) is 13.2 Å². The van der Waals surface area contributed by atoms with Crippen LogP contribution in [-0.2, 0) is 17.6 Å².